The van der Waals surface area contributed by atoms with Gasteiger partial charge in [-0.1, -0.05) is 12.1 Å². The Morgan fingerprint density at radius 3 is 2.61 bits per heavy atom. The molecule has 1 saturated carbocycles. The smallest absolute Gasteiger partial charge is 0.255 e. The first-order chi connectivity index (χ1) is 10.7. The molecular formula is C17H21ClN2O3. The van der Waals surface area contributed by atoms with Crippen molar-refractivity contribution in [3.05, 3.63) is 53.5 Å². The summed E-state index contributed by atoms with van der Waals surface area (Å²) in [5.41, 5.74) is 7.11. The van der Waals surface area contributed by atoms with Gasteiger partial charge >= 0.3 is 0 Å². The zero-order chi connectivity index (χ0) is 15.5. The van der Waals surface area contributed by atoms with E-state index in [2.05, 4.69) is 5.32 Å². The summed E-state index contributed by atoms with van der Waals surface area (Å²) in [6, 6.07) is 9.55. The molecule has 1 aliphatic carbocycles. The molecule has 23 heavy (non-hydrogen) atoms. The highest BCUT2D eigenvalue weighted by Crippen LogP contribution is 2.41. The molecule has 3 rings (SSSR count). The van der Waals surface area contributed by atoms with Crippen molar-refractivity contribution in [2.24, 2.45) is 11.7 Å². The highest BCUT2D eigenvalue weighted by atomic mass is 35.5. The third kappa shape index (κ3) is 4.06. The average Bonchev–Trinajstić information content (AvgIpc) is 3.28. The molecule has 0 aliphatic heterocycles. The van der Waals surface area contributed by atoms with Crippen LogP contribution in [0.4, 0.5) is 0 Å². The predicted octanol–water partition coefficient (Wildman–Crippen LogP) is 3.05. The van der Waals surface area contributed by atoms with Gasteiger partial charge in [0.25, 0.3) is 5.91 Å². The van der Waals surface area contributed by atoms with Gasteiger partial charge in [0.2, 0.25) is 0 Å². The molecule has 1 aliphatic rings. The van der Waals surface area contributed by atoms with Gasteiger partial charge in [0.1, 0.15) is 17.8 Å². The van der Waals surface area contributed by atoms with Crippen molar-refractivity contribution in [1.82, 2.24) is 5.32 Å². The zero-order valence-electron chi connectivity index (χ0n) is 13.0. The first-order valence-corrected chi connectivity index (χ1v) is 7.43. The molecule has 1 atom stereocenters. The summed E-state index contributed by atoms with van der Waals surface area (Å²) < 4.78 is 10.4. The molecule has 0 bridgehead atoms. The van der Waals surface area contributed by atoms with Crippen LogP contribution < -0.4 is 15.8 Å². The molecule has 1 unspecified atom stereocenters. The van der Waals surface area contributed by atoms with Crippen molar-refractivity contribution < 1.29 is 13.9 Å². The molecule has 0 saturated heterocycles. The van der Waals surface area contributed by atoms with Gasteiger partial charge in [-0.3, -0.25) is 4.79 Å². The van der Waals surface area contributed by atoms with Crippen LogP contribution in [-0.2, 0) is 6.54 Å². The van der Waals surface area contributed by atoms with E-state index >= 15 is 0 Å². The number of ether oxygens (including phenoxy) is 1. The van der Waals surface area contributed by atoms with Crippen LogP contribution in [0.15, 0.2) is 41.0 Å². The molecule has 0 spiro atoms. The number of benzene rings is 1. The number of methoxy groups -OCH3 is 1. The fraction of sp³-hybridized carbons (Fsp3) is 0.353. The van der Waals surface area contributed by atoms with E-state index in [0.717, 1.165) is 24.2 Å². The van der Waals surface area contributed by atoms with Gasteiger partial charge in [-0.25, -0.2) is 0 Å². The maximum atomic E-state index is 12.4. The second kappa shape index (κ2) is 7.53. The van der Waals surface area contributed by atoms with Crippen LogP contribution in [0.25, 0.3) is 0 Å². The van der Waals surface area contributed by atoms with E-state index < -0.39 is 0 Å². The van der Waals surface area contributed by atoms with E-state index in [9.17, 15) is 4.79 Å². The van der Waals surface area contributed by atoms with Crippen LogP contribution in [0, 0.1) is 5.92 Å². The van der Waals surface area contributed by atoms with Crippen molar-refractivity contribution in [2.75, 3.05) is 7.11 Å². The molecule has 1 aromatic carbocycles. The van der Waals surface area contributed by atoms with Crippen molar-refractivity contribution in [2.45, 2.75) is 25.4 Å². The van der Waals surface area contributed by atoms with Crippen LogP contribution in [0.2, 0.25) is 0 Å². The molecule has 0 radical (unpaired) electrons. The van der Waals surface area contributed by atoms with Crippen molar-refractivity contribution in [1.29, 1.82) is 0 Å². The van der Waals surface area contributed by atoms with E-state index in [4.69, 9.17) is 14.9 Å². The second-order valence-electron chi connectivity index (χ2n) is 5.57. The van der Waals surface area contributed by atoms with Crippen LogP contribution in [0.1, 0.15) is 40.6 Å². The first kappa shape index (κ1) is 17.4. The summed E-state index contributed by atoms with van der Waals surface area (Å²) >= 11 is 0. The lowest BCUT2D eigenvalue weighted by atomic mass is 10.0. The van der Waals surface area contributed by atoms with E-state index in [1.54, 1.807) is 13.2 Å². The minimum atomic E-state index is -0.129. The molecule has 1 amide bonds. The molecule has 1 aromatic heterocycles. The third-order valence-electron chi connectivity index (χ3n) is 3.97. The maximum Gasteiger partial charge on any atom is 0.255 e. The van der Waals surface area contributed by atoms with Gasteiger partial charge < -0.3 is 20.2 Å². The van der Waals surface area contributed by atoms with Gasteiger partial charge in [0.05, 0.1) is 25.3 Å². The minimum absolute atomic E-state index is 0. The Labute approximate surface area is 141 Å². The van der Waals surface area contributed by atoms with E-state index in [0.29, 0.717) is 17.2 Å². The van der Waals surface area contributed by atoms with Crippen molar-refractivity contribution >= 4 is 18.3 Å². The SMILES string of the molecule is COc1ccc(C(NC(=O)c2coc(CN)c2)C2CC2)cc1.Cl. The Bertz CT molecular complexity index is 650. The summed E-state index contributed by atoms with van der Waals surface area (Å²) in [7, 11) is 1.64. The second-order valence-corrected chi connectivity index (χ2v) is 5.57. The predicted molar refractivity (Wildman–Crippen MR) is 89.8 cm³/mol. The van der Waals surface area contributed by atoms with E-state index in [1.165, 1.54) is 6.26 Å². The Morgan fingerprint density at radius 2 is 2.09 bits per heavy atom. The molecule has 124 valence electrons. The number of carbonyl (C=O) groups excluding carboxylic acids is 1. The third-order valence-corrected chi connectivity index (χ3v) is 3.97. The Hall–Kier alpha value is -1.98. The molecule has 3 N–H and O–H groups in total. The lowest BCUT2D eigenvalue weighted by molar-refractivity contribution is 0.0931. The van der Waals surface area contributed by atoms with Crippen LogP contribution in [0.3, 0.4) is 0 Å². The zero-order valence-corrected chi connectivity index (χ0v) is 13.8. The highest BCUT2D eigenvalue weighted by Gasteiger charge is 2.33. The van der Waals surface area contributed by atoms with Gasteiger partial charge in [-0.05, 0) is 42.5 Å². The molecule has 1 fully saturated rings. The summed E-state index contributed by atoms with van der Waals surface area (Å²) in [5, 5.41) is 3.11. The molecule has 1 heterocycles. The quantitative estimate of drug-likeness (QED) is 0.850. The number of furan rings is 1. The number of amides is 1. The Kier molecular flexibility index (Phi) is 5.69. The van der Waals surface area contributed by atoms with Gasteiger partial charge in [-0.2, -0.15) is 0 Å². The number of hydrogen-bond donors (Lipinski definition) is 2. The van der Waals surface area contributed by atoms with E-state index in [1.807, 2.05) is 24.3 Å². The fourth-order valence-electron chi connectivity index (χ4n) is 2.55. The maximum absolute atomic E-state index is 12.4. The number of nitrogens with one attached hydrogen (secondary N) is 1. The largest absolute Gasteiger partial charge is 0.497 e. The average molecular weight is 337 g/mol. The Morgan fingerprint density at radius 1 is 1.39 bits per heavy atom. The number of rotatable bonds is 6. The number of halogens is 1. The van der Waals surface area contributed by atoms with Crippen molar-refractivity contribution in [3.63, 3.8) is 0 Å². The molecule has 6 heteroatoms. The van der Waals surface area contributed by atoms with Gasteiger partial charge in [-0.15, -0.1) is 12.4 Å². The van der Waals surface area contributed by atoms with Crippen LogP contribution in [-0.4, -0.2) is 13.0 Å². The minimum Gasteiger partial charge on any atom is -0.497 e. The van der Waals surface area contributed by atoms with Crippen molar-refractivity contribution in [3.8, 4) is 5.75 Å². The monoisotopic (exact) mass is 336 g/mol. The molecule has 2 aromatic rings. The summed E-state index contributed by atoms with van der Waals surface area (Å²) in [6.07, 6.45) is 3.72. The van der Waals surface area contributed by atoms with E-state index in [-0.39, 0.29) is 30.9 Å². The molecule has 5 nitrogen and oxygen atoms in total. The highest BCUT2D eigenvalue weighted by molar-refractivity contribution is 5.94. The number of hydrogen-bond acceptors (Lipinski definition) is 4. The lowest BCUT2D eigenvalue weighted by Crippen LogP contribution is -2.29. The summed E-state index contributed by atoms with van der Waals surface area (Å²) in [5.74, 6) is 1.79. The summed E-state index contributed by atoms with van der Waals surface area (Å²) in [6.45, 7) is 0.289. The topological polar surface area (TPSA) is 77.5 Å². The van der Waals surface area contributed by atoms with Crippen LogP contribution in [0.5, 0.6) is 5.75 Å². The Balaban J connectivity index is 0.00000192. The van der Waals surface area contributed by atoms with Crippen LogP contribution >= 0.6 is 12.4 Å². The fourth-order valence-corrected chi connectivity index (χ4v) is 2.55. The normalized spacial score (nSPS) is 14.7. The van der Waals surface area contributed by atoms with Gasteiger partial charge in [0.15, 0.2) is 0 Å². The lowest BCUT2D eigenvalue weighted by Gasteiger charge is -2.18. The number of nitrogens with two attached hydrogens (primary N) is 1. The number of carbonyl (C=O) groups is 1. The summed E-state index contributed by atoms with van der Waals surface area (Å²) in [4.78, 5) is 12.4. The van der Waals surface area contributed by atoms with Gasteiger partial charge in [0, 0.05) is 0 Å². The standard InChI is InChI=1S/C17H20N2O3.ClH/c1-21-14-6-4-12(5-7-14)16(11-2-3-11)19-17(20)13-8-15(9-18)22-10-13;/h4-8,10-11,16H,2-3,9,18H2,1H3,(H,19,20);1H. The molecular weight excluding hydrogens is 316 g/mol. The first-order valence-electron chi connectivity index (χ1n) is 7.43.